The van der Waals surface area contributed by atoms with Gasteiger partial charge in [0, 0.05) is 16.9 Å². The van der Waals surface area contributed by atoms with Gasteiger partial charge in [0.2, 0.25) is 5.89 Å². The smallest absolute Gasteiger partial charge is 0.239 e. The van der Waals surface area contributed by atoms with Crippen LogP contribution in [0.5, 0.6) is 0 Å². The van der Waals surface area contributed by atoms with Gasteiger partial charge in [-0.3, -0.25) is 0 Å². The largest absolute Gasteiger partial charge is 0.435 e. The van der Waals surface area contributed by atoms with Crippen molar-refractivity contribution in [3.8, 4) is 6.07 Å². The van der Waals surface area contributed by atoms with E-state index >= 15 is 0 Å². The van der Waals surface area contributed by atoms with Crippen LogP contribution in [0, 0.1) is 11.3 Å². The van der Waals surface area contributed by atoms with Crippen molar-refractivity contribution < 1.29 is 4.42 Å². The van der Waals surface area contributed by atoms with E-state index in [1.807, 2.05) is 30.3 Å². The Balaban J connectivity index is 1.89. The van der Waals surface area contributed by atoms with Crippen LogP contribution >= 0.6 is 15.9 Å². The Labute approximate surface area is 129 Å². The lowest BCUT2D eigenvalue weighted by Gasteiger charge is -1.99. The fourth-order valence-corrected chi connectivity index (χ4v) is 1.97. The molecule has 0 saturated carbocycles. The molecule has 0 saturated heterocycles. The van der Waals surface area contributed by atoms with Crippen LogP contribution in [-0.2, 0) is 0 Å². The molecular formula is C15H9BrN4O. The van der Waals surface area contributed by atoms with Gasteiger partial charge >= 0.3 is 0 Å². The summed E-state index contributed by atoms with van der Waals surface area (Å²) in [6.45, 7) is 0. The van der Waals surface area contributed by atoms with E-state index < -0.39 is 0 Å². The molecule has 21 heavy (non-hydrogen) atoms. The molecule has 0 unspecified atom stereocenters. The molecule has 0 spiro atoms. The number of hydrogen-bond acceptors (Lipinski definition) is 5. The molecule has 2 heterocycles. The minimum absolute atomic E-state index is 0.281. The van der Waals surface area contributed by atoms with Gasteiger partial charge in [0.05, 0.1) is 0 Å². The van der Waals surface area contributed by atoms with Crippen molar-refractivity contribution in [3.63, 3.8) is 0 Å². The molecule has 0 aliphatic rings. The van der Waals surface area contributed by atoms with Crippen LogP contribution in [0.3, 0.4) is 0 Å². The number of nitrogens with zero attached hydrogens (tertiary/aromatic N) is 3. The Bertz CT molecular complexity index is 813. The predicted molar refractivity (Wildman–Crippen MR) is 83.2 cm³/mol. The molecule has 0 radical (unpaired) electrons. The van der Waals surface area contributed by atoms with Crippen molar-refractivity contribution in [1.29, 1.82) is 5.26 Å². The Morgan fingerprint density at radius 2 is 2.14 bits per heavy atom. The van der Waals surface area contributed by atoms with E-state index in [0.29, 0.717) is 17.0 Å². The second-order valence-corrected chi connectivity index (χ2v) is 5.08. The van der Waals surface area contributed by atoms with Crippen molar-refractivity contribution in [3.05, 3.63) is 59.2 Å². The summed E-state index contributed by atoms with van der Waals surface area (Å²) in [6, 6.07) is 13.1. The first kappa shape index (κ1) is 13.3. The Kier molecular flexibility index (Phi) is 3.67. The fourth-order valence-electron chi connectivity index (χ4n) is 1.74. The number of nitriles is 1. The third-order valence-corrected chi connectivity index (χ3v) is 3.21. The third kappa shape index (κ3) is 2.93. The highest BCUT2D eigenvalue weighted by atomic mass is 79.9. The maximum atomic E-state index is 9.24. The zero-order chi connectivity index (χ0) is 14.7. The average Bonchev–Trinajstić information content (AvgIpc) is 2.93. The first-order chi connectivity index (χ1) is 10.3. The number of para-hydroxylation sites is 2. The predicted octanol–water partition coefficient (Wildman–Crippen LogP) is 3.96. The summed E-state index contributed by atoms with van der Waals surface area (Å²) < 4.78 is 6.44. The van der Waals surface area contributed by atoms with Crippen LogP contribution < -0.4 is 5.32 Å². The number of fused-ring (bicyclic) bond motifs is 1. The zero-order valence-corrected chi connectivity index (χ0v) is 12.3. The lowest BCUT2D eigenvalue weighted by molar-refractivity contribution is 0.586. The second kappa shape index (κ2) is 5.77. The van der Waals surface area contributed by atoms with Gasteiger partial charge in [0.1, 0.15) is 23.0 Å². The average molecular weight is 341 g/mol. The molecule has 6 heteroatoms. The molecule has 0 atom stereocenters. The second-order valence-electron chi connectivity index (χ2n) is 4.16. The molecule has 3 rings (SSSR count). The molecule has 0 aliphatic heterocycles. The number of halogens is 1. The number of allylic oxidation sites excluding steroid dienone is 1. The van der Waals surface area contributed by atoms with Crippen molar-refractivity contribution in [1.82, 2.24) is 9.97 Å². The zero-order valence-electron chi connectivity index (χ0n) is 10.7. The van der Waals surface area contributed by atoms with Gasteiger partial charge < -0.3 is 9.73 Å². The van der Waals surface area contributed by atoms with E-state index in [9.17, 15) is 5.26 Å². The van der Waals surface area contributed by atoms with Crippen LogP contribution in [-0.4, -0.2) is 9.97 Å². The Morgan fingerprint density at radius 1 is 1.29 bits per heavy atom. The number of rotatable bonds is 3. The summed E-state index contributed by atoms with van der Waals surface area (Å²) >= 11 is 3.31. The van der Waals surface area contributed by atoms with E-state index in [1.165, 1.54) is 6.20 Å². The van der Waals surface area contributed by atoms with Crippen molar-refractivity contribution in [2.75, 3.05) is 5.32 Å². The van der Waals surface area contributed by atoms with Gasteiger partial charge in [-0.2, -0.15) is 5.26 Å². The summed E-state index contributed by atoms with van der Waals surface area (Å²) in [5, 5.41) is 12.2. The Hall–Kier alpha value is -2.65. The molecule has 0 amide bonds. The molecule has 3 aromatic rings. The van der Waals surface area contributed by atoms with E-state index in [0.717, 1.165) is 9.99 Å². The number of nitrogens with one attached hydrogen (secondary N) is 1. The van der Waals surface area contributed by atoms with E-state index in [1.54, 1.807) is 12.3 Å². The van der Waals surface area contributed by atoms with Gasteiger partial charge in [-0.15, -0.1) is 0 Å². The molecule has 0 aliphatic carbocycles. The van der Waals surface area contributed by atoms with E-state index in [4.69, 9.17) is 4.42 Å². The van der Waals surface area contributed by atoms with E-state index in [-0.39, 0.29) is 5.89 Å². The first-order valence-electron chi connectivity index (χ1n) is 6.10. The van der Waals surface area contributed by atoms with Gasteiger partial charge in [-0.05, 0) is 40.2 Å². The maximum absolute atomic E-state index is 9.24. The normalized spacial score (nSPS) is 11.3. The monoisotopic (exact) mass is 340 g/mol. The standard InChI is InChI=1S/C15H9BrN4O/c16-11-5-6-14(19-9-11)18-8-10(7-17)15-20-12-3-1-2-4-13(12)21-15/h1-6,8-9H,(H,18,19). The lowest BCUT2D eigenvalue weighted by atomic mass is 10.3. The fraction of sp³-hybridized carbons (Fsp3) is 0. The molecule has 0 bridgehead atoms. The molecule has 102 valence electrons. The lowest BCUT2D eigenvalue weighted by Crippen LogP contribution is -1.93. The summed E-state index contributed by atoms with van der Waals surface area (Å²) in [4.78, 5) is 8.44. The maximum Gasteiger partial charge on any atom is 0.239 e. The SMILES string of the molecule is N#CC(=CNc1ccc(Br)cn1)c1nc2ccccc2o1. The molecule has 1 aromatic carbocycles. The van der Waals surface area contributed by atoms with Crippen LogP contribution in [0.1, 0.15) is 5.89 Å². The van der Waals surface area contributed by atoms with Gasteiger partial charge in [-0.1, -0.05) is 12.1 Å². The Morgan fingerprint density at radius 3 is 2.86 bits per heavy atom. The summed E-state index contributed by atoms with van der Waals surface area (Å²) in [7, 11) is 0. The number of hydrogen-bond donors (Lipinski definition) is 1. The van der Waals surface area contributed by atoms with E-state index in [2.05, 4.69) is 37.3 Å². The molecular weight excluding hydrogens is 332 g/mol. The highest BCUT2D eigenvalue weighted by Gasteiger charge is 2.10. The number of pyridine rings is 1. The van der Waals surface area contributed by atoms with Crippen LogP contribution in [0.25, 0.3) is 16.7 Å². The molecule has 5 nitrogen and oxygen atoms in total. The summed E-state index contributed by atoms with van der Waals surface area (Å²) in [5.74, 6) is 0.908. The summed E-state index contributed by atoms with van der Waals surface area (Å²) in [6.07, 6.45) is 3.20. The van der Waals surface area contributed by atoms with Gasteiger partial charge in [-0.25, -0.2) is 9.97 Å². The van der Waals surface area contributed by atoms with Crippen molar-refractivity contribution >= 4 is 38.4 Å². The molecule has 1 N–H and O–H groups in total. The number of anilines is 1. The first-order valence-corrected chi connectivity index (χ1v) is 6.90. The minimum atomic E-state index is 0.281. The highest BCUT2D eigenvalue weighted by Crippen LogP contribution is 2.20. The number of oxazole rings is 1. The quantitative estimate of drug-likeness (QED) is 0.730. The van der Waals surface area contributed by atoms with Crippen LogP contribution in [0.2, 0.25) is 0 Å². The van der Waals surface area contributed by atoms with Gasteiger partial charge in [0.25, 0.3) is 0 Å². The van der Waals surface area contributed by atoms with Crippen molar-refractivity contribution in [2.45, 2.75) is 0 Å². The molecule has 2 aromatic heterocycles. The third-order valence-electron chi connectivity index (χ3n) is 2.74. The van der Waals surface area contributed by atoms with Crippen LogP contribution in [0.15, 0.2) is 57.7 Å². The number of aromatic nitrogens is 2. The van der Waals surface area contributed by atoms with Gasteiger partial charge in [0.15, 0.2) is 5.58 Å². The molecule has 0 fully saturated rings. The topological polar surface area (TPSA) is 74.7 Å². The minimum Gasteiger partial charge on any atom is -0.435 e. The van der Waals surface area contributed by atoms with Crippen molar-refractivity contribution in [2.24, 2.45) is 0 Å². The summed E-state index contributed by atoms with van der Waals surface area (Å²) in [5.41, 5.74) is 1.67. The highest BCUT2D eigenvalue weighted by molar-refractivity contribution is 9.10. The van der Waals surface area contributed by atoms with Crippen LogP contribution in [0.4, 0.5) is 5.82 Å². The number of benzene rings is 1.